The summed E-state index contributed by atoms with van der Waals surface area (Å²) < 4.78 is 28.7. The average Bonchev–Trinajstić information content (AvgIpc) is 3.20. The molecule has 0 saturated carbocycles. The molecule has 8 heteroatoms. The highest BCUT2D eigenvalue weighted by molar-refractivity contribution is 5.60. The SMILES string of the molecule is Cc1cc(-c2cnc3ccc(N[C@H](C)c4ccc(F)cc4F)nn23)n[nH]1. The molecule has 0 fully saturated rings. The Bertz CT molecular complexity index is 1080. The Balaban J connectivity index is 1.66. The molecule has 0 aliphatic rings. The second kappa shape index (κ2) is 6.21. The van der Waals surface area contributed by atoms with Gasteiger partial charge in [-0.15, -0.1) is 5.10 Å². The van der Waals surface area contributed by atoms with Crippen LogP contribution < -0.4 is 5.32 Å². The number of H-pyrrole nitrogens is 1. The first-order valence-electron chi connectivity index (χ1n) is 8.10. The Labute approximate surface area is 147 Å². The number of hydrogen-bond donors (Lipinski definition) is 2. The van der Waals surface area contributed by atoms with Crippen LogP contribution in [0, 0.1) is 18.6 Å². The van der Waals surface area contributed by atoms with Crippen molar-refractivity contribution in [1.82, 2.24) is 24.8 Å². The van der Waals surface area contributed by atoms with Crippen molar-refractivity contribution in [3.63, 3.8) is 0 Å². The number of nitrogens with one attached hydrogen (secondary N) is 2. The van der Waals surface area contributed by atoms with E-state index >= 15 is 0 Å². The molecule has 132 valence electrons. The molecular weight excluding hydrogens is 338 g/mol. The van der Waals surface area contributed by atoms with Gasteiger partial charge < -0.3 is 5.32 Å². The molecule has 4 rings (SSSR count). The molecule has 3 heterocycles. The van der Waals surface area contributed by atoms with Gasteiger partial charge in [-0.3, -0.25) is 5.10 Å². The summed E-state index contributed by atoms with van der Waals surface area (Å²) in [5.41, 5.74) is 3.45. The molecular formula is C18H16F2N6. The van der Waals surface area contributed by atoms with Crippen LogP contribution in [0.5, 0.6) is 0 Å². The first-order chi connectivity index (χ1) is 12.5. The molecule has 4 aromatic rings. The fourth-order valence-corrected chi connectivity index (χ4v) is 2.83. The average molecular weight is 354 g/mol. The zero-order chi connectivity index (χ0) is 18.3. The van der Waals surface area contributed by atoms with E-state index in [4.69, 9.17) is 0 Å². The summed E-state index contributed by atoms with van der Waals surface area (Å²) in [5, 5.41) is 14.8. The van der Waals surface area contributed by atoms with E-state index in [2.05, 4.69) is 25.6 Å². The van der Waals surface area contributed by atoms with Crippen LogP contribution in [0.2, 0.25) is 0 Å². The lowest BCUT2D eigenvalue weighted by Gasteiger charge is -2.16. The molecule has 0 aliphatic carbocycles. The van der Waals surface area contributed by atoms with E-state index in [0.717, 1.165) is 23.1 Å². The maximum atomic E-state index is 14.0. The van der Waals surface area contributed by atoms with E-state index in [1.807, 2.05) is 19.1 Å². The summed E-state index contributed by atoms with van der Waals surface area (Å²) in [5.74, 6) is -0.656. The van der Waals surface area contributed by atoms with Crippen molar-refractivity contribution in [3.05, 3.63) is 65.5 Å². The van der Waals surface area contributed by atoms with Gasteiger partial charge in [0, 0.05) is 17.3 Å². The van der Waals surface area contributed by atoms with Gasteiger partial charge in [-0.2, -0.15) is 5.10 Å². The molecule has 1 aromatic carbocycles. The first kappa shape index (κ1) is 16.2. The second-order valence-corrected chi connectivity index (χ2v) is 6.10. The molecule has 6 nitrogen and oxygen atoms in total. The van der Waals surface area contributed by atoms with Crippen molar-refractivity contribution < 1.29 is 8.78 Å². The van der Waals surface area contributed by atoms with Gasteiger partial charge in [0.2, 0.25) is 0 Å². The largest absolute Gasteiger partial charge is 0.362 e. The number of imidazole rings is 1. The van der Waals surface area contributed by atoms with Crippen molar-refractivity contribution in [2.45, 2.75) is 19.9 Å². The van der Waals surface area contributed by atoms with Gasteiger partial charge in [-0.1, -0.05) is 6.07 Å². The van der Waals surface area contributed by atoms with Crippen LogP contribution in [0.4, 0.5) is 14.6 Å². The topological polar surface area (TPSA) is 70.9 Å². The lowest BCUT2D eigenvalue weighted by Crippen LogP contribution is -2.11. The normalized spacial score (nSPS) is 12.5. The van der Waals surface area contributed by atoms with Gasteiger partial charge >= 0.3 is 0 Å². The zero-order valence-electron chi connectivity index (χ0n) is 14.2. The Hall–Kier alpha value is -3.29. The number of aryl methyl sites for hydroxylation is 1. The summed E-state index contributed by atoms with van der Waals surface area (Å²) in [4.78, 5) is 4.32. The van der Waals surface area contributed by atoms with Crippen molar-refractivity contribution >= 4 is 11.5 Å². The predicted octanol–water partition coefficient (Wildman–Crippen LogP) is 3.88. The summed E-state index contributed by atoms with van der Waals surface area (Å²) in [6.07, 6.45) is 1.70. The van der Waals surface area contributed by atoms with Crippen molar-refractivity contribution in [3.8, 4) is 11.4 Å². The minimum absolute atomic E-state index is 0.363. The summed E-state index contributed by atoms with van der Waals surface area (Å²) >= 11 is 0. The number of benzene rings is 1. The summed E-state index contributed by atoms with van der Waals surface area (Å²) in [6.45, 7) is 3.70. The zero-order valence-corrected chi connectivity index (χ0v) is 14.2. The predicted molar refractivity (Wildman–Crippen MR) is 93.7 cm³/mol. The highest BCUT2D eigenvalue weighted by Crippen LogP contribution is 2.23. The van der Waals surface area contributed by atoms with Crippen molar-refractivity contribution in [1.29, 1.82) is 0 Å². The van der Waals surface area contributed by atoms with Crippen LogP contribution in [0.3, 0.4) is 0 Å². The van der Waals surface area contributed by atoms with Crippen LogP contribution in [0.25, 0.3) is 17.0 Å². The van der Waals surface area contributed by atoms with Crippen LogP contribution in [0.15, 0.2) is 42.6 Å². The molecule has 26 heavy (non-hydrogen) atoms. The van der Waals surface area contributed by atoms with E-state index in [-0.39, 0.29) is 6.04 Å². The third-order valence-electron chi connectivity index (χ3n) is 4.12. The maximum Gasteiger partial charge on any atom is 0.154 e. The Morgan fingerprint density at radius 1 is 1.15 bits per heavy atom. The molecule has 0 aliphatic heterocycles. The fourth-order valence-electron chi connectivity index (χ4n) is 2.83. The molecule has 0 spiro atoms. The number of hydrogen-bond acceptors (Lipinski definition) is 4. The number of anilines is 1. The number of halogens is 2. The minimum Gasteiger partial charge on any atom is -0.362 e. The molecule has 0 amide bonds. The molecule has 0 radical (unpaired) electrons. The van der Waals surface area contributed by atoms with Gasteiger partial charge in [0.05, 0.1) is 12.2 Å². The summed E-state index contributed by atoms with van der Waals surface area (Å²) in [7, 11) is 0. The van der Waals surface area contributed by atoms with Crippen LogP contribution in [0.1, 0.15) is 24.2 Å². The van der Waals surface area contributed by atoms with Gasteiger partial charge in [0.25, 0.3) is 0 Å². The molecule has 2 N–H and O–H groups in total. The van der Waals surface area contributed by atoms with E-state index in [1.54, 1.807) is 23.7 Å². The number of fused-ring (bicyclic) bond motifs is 1. The van der Waals surface area contributed by atoms with E-state index in [0.29, 0.717) is 17.0 Å². The first-order valence-corrected chi connectivity index (χ1v) is 8.10. The van der Waals surface area contributed by atoms with Gasteiger partial charge in [0.15, 0.2) is 5.65 Å². The van der Waals surface area contributed by atoms with Crippen molar-refractivity contribution in [2.75, 3.05) is 5.32 Å². The molecule has 0 unspecified atom stereocenters. The van der Waals surface area contributed by atoms with E-state index < -0.39 is 11.6 Å². The van der Waals surface area contributed by atoms with Crippen LogP contribution >= 0.6 is 0 Å². The lowest BCUT2D eigenvalue weighted by molar-refractivity contribution is 0.566. The highest BCUT2D eigenvalue weighted by atomic mass is 19.1. The molecule has 1 atom stereocenters. The van der Waals surface area contributed by atoms with E-state index in [9.17, 15) is 8.78 Å². The van der Waals surface area contributed by atoms with Crippen LogP contribution in [-0.2, 0) is 0 Å². The molecule has 0 bridgehead atoms. The summed E-state index contributed by atoms with van der Waals surface area (Å²) in [6, 6.07) is 8.63. The Morgan fingerprint density at radius 2 is 2.00 bits per heavy atom. The Morgan fingerprint density at radius 3 is 2.73 bits per heavy atom. The smallest absolute Gasteiger partial charge is 0.154 e. The maximum absolute atomic E-state index is 14.0. The Kier molecular flexibility index (Phi) is 3.87. The van der Waals surface area contributed by atoms with Gasteiger partial charge in [-0.25, -0.2) is 18.3 Å². The second-order valence-electron chi connectivity index (χ2n) is 6.10. The monoisotopic (exact) mass is 354 g/mol. The molecule has 3 aromatic heterocycles. The highest BCUT2D eigenvalue weighted by Gasteiger charge is 2.14. The minimum atomic E-state index is -0.602. The van der Waals surface area contributed by atoms with Gasteiger partial charge in [0.1, 0.15) is 28.8 Å². The van der Waals surface area contributed by atoms with Gasteiger partial charge in [-0.05, 0) is 38.1 Å². The lowest BCUT2D eigenvalue weighted by atomic mass is 10.1. The third-order valence-corrected chi connectivity index (χ3v) is 4.12. The number of nitrogens with zero attached hydrogens (tertiary/aromatic N) is 4. The molecule has 0 saturated heterocycles. The quantitative estimate of drug-likeness (QED) is 0.583. The van der Waals surface area contributed by atoms with E-state index in [1.165, 1.54) is 12.1 Å². The standard InChI is InChI=1S/C18H16F2N6/c1-10-7-15(24-23-10)16-9-21-18-6-5-17(25-26(16)18)22-11(2)13-4-3-12(19)8-14(13)20/h3-9,11H,1-2H3,(H,22,25)(H,23,24)/t11-/m1/s1. The number of aromatic amines is 1. The van der Waals surface area contributed by atoms with Crippen molar-refractivity contribution in [2.24, 2.45) is 0 Å². The van der Waals surface area contributed by atoms with Crippen LogP contribution in [-0.4, -0.2) is 24.8 Å². The number of aromatic nitrogens is 5. The fraction of sp³-hybridized carbons (Fsp3) is 0.167. The third kappa shape index (κ3) is 2.90. The number of rotatable bonds is 4.